The van der Waals surface area contributed by atoms with Crippen molar-refractivity contribution >= 4 is 29.5 Å². The molecule has 1 aliphatic carbocycles. The molecule has 1 saturated carbocycles. The van der Waals surface area contributed by atoms with Crippen molar-refractivity contribution in [1.82, 2.24) is 0 Å². The number of rotatable bonds is 2. The lowest BCUT2D eigenvalue weighted by Gasteiger charge is -2.09. The normalized spacial score (nSPS) is 29.7. The summed E-state index contributed by atoms with van der Waals surface area (Å²) >= 11 is 11.9. The first-order valence-corrected chi connectivity index (χ1v) is 4.78. The van der Waals surface area contributed by atoms with Crippen LogP contribution in [0.5, 0.6) is 0 Å². The zero-order chi connectivity index (χ0) is 9.53. The van der Waals surface area contributed by atoms with Gasteiger partial charge in [0.1, 0.15) is 10.6 Å². The molecule has 1 aliphatic rings. The Bertz CT molecular complexity index is 334. The van der Waals surface area contributed by atoms with Crippen molar-refractivity contribution in [3.8, 4) is 0 Å². The smallest absolute Gasteiger partial charge is 0.136 e. The molecule has 0 bridgehead atoms. The summed E-state index contributed by atoms with van der Waals surface area (Å²) in [5.74, 6) is 0. The van der Waals surface area contributed by atoms with Crippen molar-refractivity contribution in [2.45, 2.75) is 16.2 Å². The summed E-state index contributed by atoms with van der Waals surface area (Å²) in [7, 11) is 0. The van der Waals surface area contributed by atoms with Crippen LogP contribution in [-0.2, 0) is 10.2 Å². The molecule has 0 saturated heterocycles. The lowest BCUT2D eigenvalue weighted by Crippen LogP contribution is -2.16. The van der Waals surface area contributed by atoms with Crippen LogP contribution < -0.4 is 0 Å². The summed E-state index contributed by atoms with van der Waals surface area (Å²) in [6.45, 7) is 0. The maximum atomic E-state index is 10.9. The van der Waals surface area contributed by atoms with E-state index in [-0.39, 0.29) is 0 Å². The van der Waals surface area contributed by atoms with Gasteiger partial charge in [-0.3, -0.25) is 0 Å². The van der Waals surface area contributed by atoms with Gasteiger partial charge in [-0.1, -0.05) is 30.3 Å². The molecule has 1 atom stereocenters. The molecule has 13 heavy (non-hydrogen) atoms. The van der Waals surface area contributed by atoms with E-state index in [1.165, 1.54) is 0 Å². The minimum Gasteiger partial charge on any atom is -0.302 e. The van der Waals surface area contributed by atoms with Crippen molar-refractivity contribution in [1.29, 1.82) is 0 Å². The Morgan fingerprint density at radius 1 is 1.23 bits per heavy atom. The monoisotopic (exact) mass is 214 g/mol. The minimum atomic E-state index is -0.907. The lowest BCUT2D eigenvalue weighted by molar-refractivity contribution is -0.109. The van der Waals surface area contributed by atoms with Crippen molar-refractivity contribution in [2.75, 3.05) is 0 Å². The van der Waals surface area contributed by atoms with Crippen molar-refractivity contribution in [3.05, 3.63) is 35.9 Å². The molecule has 1 fully saturated rings. The quantitative estimate of drug-likeness (QED) is 0.547. The van der Waals surface area contributed by atoms with E-state index < -0.39 is 9.75 Å². The Morgan fingerprint density at radius 3 is 2.15 bits per heavy atom. The lowest BCUT2D eigenvalue weighted by atomic mass is 9.98. The third kappa shape index (κ3) is 1.18. The molecule has 1 nitrogen and oxygen atoms in total. The molecule has 0 N–H and O–H groups in total. The number of halogens is 2. The molecule has 0 spiro atoms. The summed E-state index contributed by atoms with van der Waals surface area (Å²) in [5, 5.41) is 0. The van der Waals surface area contributed by atoms with E-state index in [1.54, 1.807) is 0 Å². The molecule has 2 rings (SSSR count). The molecule has 0 heterocycles. The van der Waals surface area contributed by atoms with Gasteiger partial charge < -0.3 is 4.79 Å². The average molecular weight is 215 g/mol. The van der Waals surface area contributed by atoms with E-state index in [0.717, 1.165) is 11.8 Å². The third-order valence-corrected chi connectivity index (χ3v) is 3.46. The highest BCUT2D eigenvalue weighted by Crippen LogP contribution is 2.63. The van der Waals surface area contributed by atoms with Gasteiger partial charge in [-0.2, -0.15) is 0 Å². The van der Waals surface area contributed by atoms with Gasteiger partial charge >= 0.3 is 0 Å². The largest absolute Gasteiger partial charge is 0.302 e. The van der Waals surface area contributed by atoms with E-state index in [2.05, 4.69) is 0 Å². The fourth-order valence-corrected chi connectivity index (χ4v) is 2.28. The van der Waals surface area contributed by atoms with Gasteiger partial charge in [-0.25, -0.2) is 0 Å². The van der Waals surface area contributed by atoms with Gasteiger partial charge in [-0.15, -0.1) is 23.2 Å². The summed E-state index contributed by atoms with van der Waals surface area (Å²) < 4.78 is -0.907. The number of benzene rings is 1. The second-order valence-electron chi connectivity index (χ2n) is 3.34. The predicted molar refractivity (Wildman–Crippen MR) is 53.2 cm³/mol. The first-order chi connectivity index (χ1) is 6.12. The molecule has 1 aromatic carbocycles. The van der Waals surface area contributed by atoms with Crippen LogP contribution in [0.3, 0.4) is 0 Å². The van der Waals surface area contributed by atoms with Gasteiger partial charge in [-0.05, 0) is 5.56 Å². The van der Waals surface area contributed by atoms with E-state index in [9.17, 15) is 4.79 Å². The molecule has 0 aliphatic heterocycles. The highest BCUT2D eigenvalue weighted by molar-refractivity contribution is 6.53. The fraction of sp³-hybridized carbons (Fsp3) is 0.300. The van der Waals surface area contributed by atoms with Crippen LogP contribution in [0, 0.1) is 0 Å². The molecule has 1 aromatic rings. The summed E-state index contributed by atoms with van der Waals surface area (Å²) in [6, 6.07) is 9.40. The molecular weight excluding hydrogens is 207 g/mol. The Morgan fingerprint density at radius 2 is 1.77 bits per heavy atom. The van der Waals surface area contributed by atoms with E-state index in [1.807, 2.05) is 30.3 Å². The van der Waals surface area contributed by atoms with Crippen LogP contribution in [-0.4, -0.2) is 10.6 Å². The fourth-order valence-electron chi connectivity index (χ4n) is 1.55. The summed E-state index contributed by atoms with van der Waals surface area (Å²) in [6.07, 6.45) is 1.36. The first-order valence-electron chi connectivity index (χ1n) is 4.02. The molecule has 68 valence electrons. The standard InChI is InChI=1S/C10H8Cl2O/c11-10(12)6-9(10,7-13)8-4-2-1-3-5-8/h1-5,7H,6H2. The van der Waals surface area contributed by atoms with Crippen molar-refractivity contribution < 1.29 is 4.79 Å². The van der Waals surface area contributed by atoms with Gasteiger partial charge in [0.2, 0.25) is 0 Å². The Balaban J connectivity index is 2.42. The second kappa shape index (κ2) is 2.73. The maximum absolute atomic E-state index is 10.9. The summed E-state index contributed by atoms with van der Waals surface area (Å²) in [5.41, 5.74) is 0.229. The SMILES string of the molecule is O=CC1(c2ccccc2)CC1(Cl)Cl. The van der Waals surface area contributed by atoms with Gasteiger partial charge in [0.05, 0.1) is 5.41 Å². The average Bonchev–Trinajstić information content (AvgIpc) is 2.72. The number of alkyl halides is 2. The van der Waals surface area contributed by atoms with Crippen LogP contribution in [0.1, 0.15) is 12.0 Å². The highest BCUT2D eigenvalue weighted by atomic mass is 35.5. The molecule has 1 unspecified atom stereocenters. The van der Waals surface area contributed by atoms with E-state index in [4.69, 9.17) is 23.2 Å². The Kier molecular flexibility index (Phi) is 1.90. The van der Waals surface area contributed by atoms with Crippen LogP contribution >= 0.6 is 23.2 Å². The molecule has 0 amide bonds. The second-order valence-corrected chi connectivity index (χ2v) is 4.82. The van der Waals surface area contributed by atoms with Crippen LogP contribution in [0.15, 0.2) is 30.3 Å². The summed E-state index contributed by atoms with van der Waals surface area (Å²) in [4.78, 5) is 10.9. The van der Waals surface area contributed by atoms with Gasteiger partial charge in [0.25, 0.3) is 0 Å². The first kappa shape index (κ1) is 9.04. The maximum Gasteiger partial charge on any atom is 0.136 e. The molecule has 0 radical (unpaired) electrons. The molecule has 3 heteroatoms. The van der Waals surface area contributed by atoms with Crippen LogP contribution in [0.4, 0.5) is 0 Å². The molecule has 0 aromatic heterocycles. The van der Waals surface area contributed by atoms with Crippen molar-refractivity contribution in [3.63, 3.8) is 0 Å². The predicted octanol–water partition coefficient (Wildman–Crippen LogP) is 2.70. The minimum absolute atomic E-state index is 0.511. The number of hydrogen-bond acceptors (Lipinski definition) is 1. The van der Waals surface area contributed by atoms with Gasteiger partial charge in [0.15, 0.2) is 0 Å². The number of carbonyl (C=O) groups is 1. The zero-order valence-corrected chi connectivity index (χ0v) is 8.35. The Labute approximate surface area is 86.7 Å². The molecular formula is C10H8Cl2O. The third-order valence-electron chi connectivity index (χ3n) is 2.52. The van der Waals surface area contributed by atoms with Crippen molar-refractivity contribution in [2.24, 2.45) is 0 Å². The number of hydrogen-bond donors (Lipinski definition) is 0. The van der Waals surface area contributed by atoms with Crippen LogP contribution in [0.2, 0.25) is 0 Å². The number of aldehydes is 1. The van der Waals surface area contributed by atoms with E-state index >= 15 is 0 Å². The van der Waals surface area contributed by atoms with Gasteiger partial charge in [0, 0.05) is 6.42 Å². The van der Waals surface area contributed by atoms with E-state index in [0.29, 0.717) is 6.42 Å². The number of carbonyl (C=O) groups excluding carboxylic acids is 1. The topological polar surface area (TPSA) is 17.1 Å². The Hall–Kier alpha value is -0.530. The van der Waals surface area contributed by atoms with Crippen LogP contribution in [0.25, 0.3) is 0 Å². The zero-order valence-electron chi connectivity index (χ0n) is 6.84. The highest BCUT2D eigenvalue weighted by Gasteiger charge is 2.67.